The number of Topliss-reactive ketones (excluding diaryl/α,β-unsaturated/α-hetero) is 1. The molecule has 1 aromatic carbocycles. The van der Waals surface area contributed by atoms with Gasteiger partial charge in [-0.05, 0) is 30.2 Å². The van der Waals surface area contributed by atoms with Crippen LogP contribution in [0.25, 0.3) is 0 Å². The van der Waals surface area contributed by atoms with E-state index in [4.69, 9.17) is 0 Å². The van der Waals surface area contributed by atoms with Gasteiger partial charge in [-0.2, -0.15) is 0 Å². The Kier molecular flexibility index (Phi) is 3.50. The van der Waals surface area contributed by atoms with Crippen molar-refractivity contribution in [1.82, 2.24) is 0 Å². The number of aromatic hydroxyl groups is 2. The monoisotopic (exact) mass is 302 g/mol. The molecule has 2 aliphatic carbocycles. The van der Waals surface area contributed by atoms with Gasteiger partial charge in [0, 0.05) is 28.9 Å². The maximum absolute atomic E-state index is 12.7. The van der Waals surface area contributed by atoms with Gasteiger partial charge in [0.05, 0.1) is 0 Å². The Labute approximate surface area is 132 Å². The first kappa shape index (κ1) is 15.4. The third-order valence-corrected chi connectivity index (χ3v) is 5.90. The van der Waals surface area contributed by atoms with Crippen LogP contribution in [0.15, 0.2) is 6.07 Å². The van der Waals surface area contributed by atoms with Crippen molar-refractivity contribution in [1.29, 1.82) is 0 Å². The number of carbonyl (C=O) groups is 1. The second-order valence-electron chi connectivity index (χ2n) is 7.76. The highest BCUT2D eigenvalue weighted by Gasteiger charge is 2.51. The number of benzene rings is 1. The van der Waals surface area contributed by atoms with Gasteiger partial charge < -0.3 is 10.2 Å². The summed E-state index contributed by atoms with van der Waals surface area (Å²) in [6, 6.07) is 1.94. The number of hydrogen-bond donors (Lipinski definition) is 2. The van der Waals surface area contributed by atoms with Crippen LogP contribution in [0.2, 0.25) is 0 Å². The molecule has 2 N–H and O–H groups in total. The van der Waals surface area contributed by atoms with E-state index in [9.17, 15) is 15.0 Å². The van der Waals surface area contributed by atoms with Crippen molar-refractivity contribution in [3.63, 3.8) is 0 Å². The van der Waals surface area contributed by atoms with Crippen molar-refractivity contribution in [2.24, 2.45) is 11.8 Å². The second-order valence-corrected chi connectivity index (χ2v) is 7.76. The Hall–Kier alpha value is -1.51. The van der Waals surface area contributed by atoms with Crippen LogP contribution >= 0.6 is 0 Å². The molecule has 3 atom stereocenters. The molecule has 0 radical (unpaired) electrons. The Morgan fingerprint density at radius 1 is 1.27 bits per heavy atom. The van der Waals surface area contributed by atoms with E-state index in [-0.39, 0.29) is 28.7 Å². The molecule has 0 spiro atoms. The van der Waals surface area contributed by atoms with E-state index in [1.807, 2.05) is 19.9 Å². The fraction of sp³-hybridized carbons (Fsp3) is 0.632. The van der Waals surface area contributed by atoms with Crippen molar-refractivity contribution in [3.8, 4) is 11.5 Å². The number of phenols is 2. The predicted molar refractivity (Wildman–Crippen MR) is 86.4 cm³/mol. The Bertz CT molecular complexity index is 632. The summed E-state index contributed by atoms with van der Waals surface area (Å²) in [5.41, 5.74) is 2.12. The molecular weight excluding hydrogens is 276 g/mol. The van der Waals surface area contributed by atoms with Crippen LogP contribution < -0.4 is 0 Å². The Morgan fingerprint density at radius 2 is 1.95 bits per heavy atom. The van der Waals surface area contributed by atoms with Gasteiger partial charge in [-0.1, -0.05) is 40.2 Å². The van der Waals surface area contributed by atoms with Crippen molar-refractivity contribution in [2.75, 3.05) is 0 Å². The lowest BCUT2D eigenvalue weighted by molar-refractivity contribution is -0.128. The summed E-state index contributed by atoms with van der Waals surface area (Å²) in [7, 11) is 0. The van der Waals surface area contributed by atoms with E-state index in [0.29, 0.717) is 18.1 Å². The Morgan fingerprint density at radius 3 is 2.59 bits per heavy atom. The molecule has 1 saturated carbocycles. The molecule has 0 aromatic heterocycles. The maximum Gasteiger partial charge on any atom is 0.161 e. The Balaban J connectivity index is 2.25. The van der Waals surface area contributed by atoms with Gasteiger partial charge in [-0.25, -0.2) is 0 Å². The lowest BCUT2D eigenvalue weighted by atomic mass is 9.54. The molecule has 0 amide bonds. The first-order valence-corrected chi connectivity index (χ1v) is 8.38. The molecule has 1 fully saturated rings. The van der Waals surface area contributed by atoms with Gasteiger partial charge in [0.25, 0.3) is 0 Å². The van der Waals surface area contributed by atoms with Gasteiger partial charge in [-0.15, -0.1) is 0 Å². The third-order valence-electron chi connectivity index (χ3n) is 5.90. The van der Waals surface area contributed by atoms with Crippen LogP contribution in [0.3, 0.4) is 0 Å². The zero-order valence-corrected chi connectivity index (χ0v) is 13.9. The molecule has 0 saturated heterocycles. The molecule has 22 heavy (non-hydrogen) atoms. The molecule has 3 unspecified atom stereocenters. The number of ketones is 1. The fourth-order valence-electron chi connectivity index (χ4n) is 4.94. The quantitative estimate of drug-likeness (QED) is 0.770. The zero-order valence-electron chi connectivity index (χ0n) is 13.9. The van der Waals surface area contributed by atoms with Crippen LogP contribution in [0.1, 0.15) is 69.6 Å². The van der Waals surface area contributed by atoms with Crippen LogP contribution in [-0.4, -0.2) is 16.0 Å². The summed E-state index contributed by atoms with van der Waals surface area (Å²) in [5, 5.41) is 21.1. The number of hydrogen-bond acceptors (Lipinski definition) is 3. The highest BCUT2D eigenvalue weighted by Crippen LogP contribution is 2.55. The van der Waals surface area contributed by atoms with E-state index in [1.165, 1.54) is 0 Å². The van der Waals surface area contributed by atoms with Crippen molar-refractivity contribution < 1.29 is 15.0 Å². The number of rotatable bonds is 1. The highest BCUT2D eigenvalue weighted by atomic mass is 16.3. The van der Waals surface area contributed by atoms with Crippen LogP contribution in [-0.2, 0) is 16.6 Å². The van der Waals surface area contributed by atoms with Crippen LogP contribution in [0.5, 0.6) is 11.5 Å². The highest BCUT2D eigenvalue weighted by molar-refractivity contribution is 5.89. The van der Waals surface area contributed by atoms with Gasteiger partial charge in [0.1, 0.15) is 5.78 Å². The van der Waals surface area contributed by atoms with Gasteiger partial charge >= 0.3 is 0 Å². The first-order valence-electron chi connectivity index (χ1n) is 8.38. The molecular formula is C19H26O3. The van der Waals surface area contributed by atoms with Crippen molar-refractivity contribution >= 4 is 5.78 Å². The van der Waals surface area contributed by atoms with Gasteiger partial charge in [0.2, 0.25) is 0 Å². The van der Waals surface area contributed by atoms with Gasteiger partial charge in [-0.3, -0.25) is 4.79 Å². The molecule has 3 rings (SSSR count). The summed E-state index contributed by atoms with van der Waals surface area (Å²) < 4.78 is 0. The molecule has 0 heterocycles. The normalized spacial score (nSPS) is 31.0. The van der Waals surface area contributed by atoms with E-state index < -0.39 is 0 Å². The molecule has 3 nitrogen and oxygen atoms in total. The maximum atomic E-state index is 12.7. The topological polar surface area (TPSA) is 57.5 Å². The molecule has 0 aliphatic heterocycles. The van der Waals surface area contributed by atoms with E-state index in [1.54, 1.807) is 0 Å². The summed E-state index contributed by atoms with van der Waals surface area (Å²) in [5.74, 6) is 0.718. The zero-order chi connectivity index (χ0) is 16.2. The summed E-state index contributed by atoms with van der Waals surface area (Å²) in [6.07, 6.45) is 3.41. The molecule has 3 heteroatoms. The van der Waals surface area contributed by atoms with Crippen LogP contribution in [0, 0.1) is 11.8 Å². The minimum Gasteiger partial charge on any atom is -0.504 e. The number of fused-ring (bicyclic) bond motifs is 3. The number of carbonyl (C=O) groups excluding carboxylic acids is 1. The summed E-state index contributed by atoms with van der Waals surface area (Å²) >= 11 is 0. The lowest BCUT2D eigenvalue weighted by Gasteiger charge is -2.48. The molecule has 2 aliphatic rings. The smallest absolute Gasteiger partial charge is 0.161 e. The molecule has 0 bridgehead atoms. The first-order chi connectivity index (χ1) is 10.3. The average molecular weight is 302 g/mol. The fourth-order valence-corrected chi connectivity index (χ4v) is 4.94. The van der Waals surface area contributed by atoms with Crippen LogP contribution in [0.4, 0.5) is 0 Å². The molecule has 1 aromatic rings. The van der Waals surface area contributed by atoms with Crippen molar-refractivity contribution in [2.45, 2.75) is 64.7 Å². The second kappa shape index (κ2) is 5.00. The number of phenolic OH excluding ortho intramolecular Hbond substituents is 2. The summed E-state index contributed by atoms with van der Waals surface area (Å²) in [6.45, 7) is 8.21. The third kappa shape index (κ3) is 1.98. The largest absolute Gasteiger partial charge is 0.504 e. The minimum absolute atomic E-state index is 0.00120. The van der Waals surface area contributed by atoms with Gasteiger partial charge in [0.15, 0.2) is 11.5 Å². The molecule has 120 valence electrons. The minimum atomic E-state index is -0.348. The van der Waals surface area contributed by atoms with E-state index in [2.05, 4.69) is 13.8 Å². The SMILES string of the molecule is CC(C)c1cc2c(c(O)c1O)C1(C)CCCC(C)C1C(=O)C2. The lowest BCUT2D eigenvalue weighted by Crippen LogP contribution is -2.48. The van der Waals surface area contributed by atoms with Crippen molar-refractivity contribution in [3.05, 3.63) is 22.8 Å². The van der Waals surface area contributed by atoms with E-state index in [0.717, 1.165) is 36.0 Å². The van der Waals surface area contributed by atoms with E-state index >= 15 is 0 Å². The predicted octanol–water partition coefficient (Wildman–Crippen LogP) is 4.04. The average Bonchev–Trinajstić information content (AvgIpc) is 2.41. The summed E-state index contributed by atoms with van der Waals surface area (Å²) in [4.78, 5) is 12.7. The standard InChI is InChI=1S/C19H26O3/c1-10(2)13-8-12-9-14(20)15-11(3)6-5-7-19(15,4)16(12)18(22)17(13)21/h8,10-11,15,21-22H,5-7,9H2,1-4H3.